The number of sulfonamides is 1. The molecule has 0 aromatic heterocycles. The Morgan fingerprint density at radius 2 is 1.88 bits per heavy atom. The van der Waals surface area contributed by atoms with E-state index in [0.29, 0.717) is 19.5 Å². The maximum absolute atomic E-state index is 12.9. The molecule has 8 nitrogen and oxygen atoms in total. The van der Waals surface area contributed by atoms with Gasteiger partial charge in [0, 0.05) is 44.3 Å². The van der Waals surface area contributed by atoms with Crippen LogP contribution in [0.2, 0.25) is 0 Å². The lowest BCUT2D eigenvalue weighted by atomic mass is 9.81. The van der Waals surface area contributed by atoms with Crippen molar-refractivity contribution in [1.29, 1.82) is 0 Å². The van der Waals surface area contributed by atoms with Crippen LogP contribution in [0.5, 0.6) is 0 Å². The molecular formula is C24H35N3O5S. The molecule has 2 aliphatic heterocycles. The predicted octanol–water partition coefficient (Wildman–Crippen LogP) is 2.36. The van der Waals surface area contributed by atoms with Crippen LogP contribution in [0.15, 0.2) is 23.1 Å². The first-order chi connectivity index (χ1) is 15.7. The molecule has 1 aliphatic carbocycles. The Bertz CT molecular complexity index is 982. The highest BCUT2D eigenvalue weighted by Crippen LogP contribution is 2.34. The Morgan fingerprint density at radius 1 is 1.12 bits per heavy atom. The summed E-state index contributed by atoms with van der Waals surface area (Å²) in [5.41, 5.74) is 1.68. The third-order valence-corrected chi connectivity index (χ3v) is 8.64. The Balaban J connectivity index is 1.26. The molecular weight excluding hydrogens is 442 g/mol. The quantitative estimate of drug-likeness (QED) is 0.627. The zero-order valence-electron chi connectivity index (χ0n) is 19.5. The van der Waals surface area contributed by atoms with Gasteiger partial charge in [0.1, 0.15) is 0 Å². The van der Waals surface area contributed by atoms with Crippen LogP contribution < -0.4 is 14.9 Å². The van der Waals surface area contributed by atoms with Gasteiger partial charge in [-0.1, -0.05) is 0 Å². The summed E-state index contributed by atoms with van der Waals surface area (Å²) in [4.78, 5) is 26.3. The molecule has 2 N–H and O–H groups in total. The number of carbonyl (C=O) groups is 2. The molecule has 3 aliphatic rings. The molecule has 0 radical (unpaired) electrons. The van der Waals surface area contributed by atoms with Crippen LogP contribution in [0.3, 0.4) is 0 Å². The van der Waals surface area contributed by atoms with E-state index in [2.05, 4.69) is 10.0 Å². The van der Waals surface area contributed by atoms with E-state index in [0.717, 1.165) is 56.4 Å². The van der Waals surface area contributed by atoms with E-state index >= 15 is 0 Å². The zero-order chi connectivity index (χ0) is 23.6. The maximum atomic E-state index is 12.9. The summed E-state index contributed by atoms with van der Waals surface area (Å²) in [7, 11) is -3.63. The SMILES string of the molecule is CC(=O)N1c2ccc(S(=O)(=O)NCC3CCC(C(=O)NC[C@@H]4CCCO4)CC3)cc2C[C@H]1C. The van der Waals surface area contributed by atoms with Crippen LogP contribution in [-0.2, 0) is 30.8 Å². The molecule has 0 bridgehead atoms. The Kier molecular flexibility index (Phi) is 7.40. The van der Waals surface area contributed by atoms with E-state index in [9.17, 15) is 18.0 Å². The Labute approximate surface area is 196 Å². The van der Waals surface area contributed by atoms with Crippen molar-refractivity contribution in [1.82, 2.24) is 10.0 Å². The second kappa shape index (κ2) is 10.1. The van der Waals surface area contributed by atoms with Crippen LogP contribution in [0.25, 0.3) is 0 Å². The molecule has 1 saturated heterocycles. The molecule has 0 spiro atoms. The van der Waals surface area contributed by atoms with E-state index < -0.39 is 10.0 Å². The number of anilines is 1. The minimum atomic E-state index is -3.63. The maximum Gasteiger partial charge on any atom is 0.240 e. The number of ether oxygens (including phenoxy) is 1. The molecule has 4 rings (SSSR count). The number of benzene rings is 1. The van der Waals surface area contributed by atoms with Crippen LogP contribution in [0, 0.1) is 11.8 Å². The molecule has 2 atom stereocenters. The number of carbonyl (C=O) groups excluding carboxylic acids is 2. The zero-order valence-corrected chi connectivity index (χ0v) is 20.3. The van der Waals surface area contributed by atoms with Gasteiger partial charge in [0.15, 0.2) is 0 Å². The molecule has 1 aromatic rings. The van der Waals surface area contributed by atoms with Gasteiger partial charge in [0.2, 0.25) is 21.8 Å². The lowest BCUT2D eigenvalue weighted by Gasteiger charge is -2.28. The summed E-state index contributed by atoms with van der Waals surface area (Å²) in [5, 5.41) is 3.02. The summed E-state index contributed by atoms with van der Waals surface area (Å²) in [5.74, 6) is 0.287. The molecule has 2 amide bonds. The molecule has 9 heteroatoms. The van der Waals surface area contributed by atoms with Crippen molar-refractivity contribution >= 4 is 27.5 Å². The number of nitrogens with zero attached hydrogens (tertiary/aromatic N) is 1. The van der Waals surface area contributed by atoms with Crippen molar-refractivity contribution in [3.05, 3.63) is 23.8 Å². The molecule has 1 saturated carbocycles. The Morgan fingerprint density at radius 3 is 2.55 bits per heavy atom. The minimum Gasteiger partial charge on any atom is -0.376 e. The number of hydrogen-bond donors (Lipinski definition) is 2. The van der Waals surface area contributed by atoms with Crippen molar-refractivity contribution < 1.29 is 22.7 Å². The predicted molar refractivity (Wildman–Crippen MR) is 125 cm³/mol. The van der Waals surface area contributed by atoms with Gasteiger partial charge < -0.3 is 15.0 Å². The molecule has 182 valence electrons. The van der Waals surface area contributed by atoms with Gasteiger partial charge in [-0.05, 0) is 81.5 Å². The third kappa shape index (κ3) is 5.58. The van der Waals surface area contributed by atoms with Gasteiger partial charge in [-0.3, -0.25) is 9.59 Å². The van der Waals surface area contributed by atoms with Crippen LogP contribution >= 0.6 is 0 Å². The topological polar surface area (TPSA) is 105 Å². The highest BCUT2D eigenvalue weighted by molar-refractivity contribution is 7.89. The Hall–Kier alpha value is -1.97. The number of hydrogen-bond acceptors (Lipinski definition) is 5. The monoisotopic (exact) mass is 477 g/mol. The van der Waals surface area contributed by atoms with Crippen LogP contribution in [0.4, 0.5) is 5.69 Å². The standard InChI is InChI=1S/C24H35N3O5S/c1-16-12-20-13-22(9-10-23(20)27(16)17(2)28)33(30,31)26-14-18-5-7-19(8-6-18)24(29)25-15-21-4-3-11-32-21/h9-10,13,16,18-19,21,26H,3-8,11-12,14-15H2,1-2H3,(H,25,29)/t16-,18?,19?,21+/m1/s1. The van der Waals surface area contributed by atoms with Crippen LogP contribution in [0.1, 0.15) is 57.9 Å². The van der Waals surface area contributed by atoms with Gasteiger partial charge in [-0.25, -0.2) is 13.1 Å². The number of nitrogens with one attached hydrogen (secondary N) is 2. The van der Waals surface area contributed by atoms with Crippen molar-refractivity contribution in [2.24, 2.45) is 11.8 Å². The molecule has 2 heterocycles. The molecule has 1 aromatic carbocycles. The highest BCUT2D eigenvalue weighted by atomic mass is 32.2. The van der Waals surface area contributed by atoms with E-state index in [1.807, 2.05) is 6.92 Å². The first kappa shape index (κ1) is 24.2. The fraction of sp³-hybridized carbons (Fsp3) is 0.667. The molecule has 2 fully saturated rings. The van der Waals surface area contributed by atoms with E-state index in [-0.39, 0.29) is 40.7 Å². The fourth-order valence-corrected chi connectivity index (χ4v) is 6.52. The molecule has 0 unspecified atom stereocenters. The fourth-order valence-electron chi connectivity index (χ4n) is 5.36. The summed E-state index contributed by atoms with van der Waals surface area (Å²) in [6.07, 6.45) is 6.08. The average Bonchev–Trinajstić information content (AvgIpc) is 3.42. The third-order valence-electron chi connectivity index (χ3n) is 7.22. The lowest BCUT2D eigenvalue weighted by Crippen LogP contribution is -2.38. The number of fused-ring (bicyclic) bond motifs is 1. The summed E-state index contributed by atoms with van der Waals surface area (Å²) < 4.78 is 34.1. The minimum absolute atomic E-state index is 0.00202. The van der Waals surface area contributed by atoms with E-state index in [1.165, 1.54) is 6.92 Å². The smallest absolute Gasteiger partial charge is 0.240 e. The van der Waals surface area contributed by atoms with Gasteiger partial charge >= 0.3 is 0 Å². The number of amides is 2. The second-order valence-electron chi connectivity index (χ2n) is 9.68. The summed E-state index contributed by atoms with van der Waals surface area (Å²) in [6.45, 7) is 5.23. The molecule has 33 heavy (non-hydrogen) atoms. The summed E-state index contributed by atoms with van der Waals surface area (Å²) >= 11 is 0. The van der Waals surface area contributed by atoms with Gasteiger partial charge in [-0.2, -0.15) is 0 Å². The van der Waals surface area contributed by atoms with Crippen molar-refractivity contribution in [3.63, 3.8) is 0 Å². The van der Waals surface area contributed by atoms with Crippen molar-refractivity contribution in [2.45, 2.75) is 75.8 Å². The van der Waals surface area contributed by atoms with Crippen LogP contribution in [-0.4, -0.2) is 52.1 Å². The largest absolute Gasteiger partial charge is 0.376 e. The second-order valence-corrected chi connectivity index (χ2v) is 11.4. The van der Waals surface area contributed by atoms with Crippen molar-refractivity contribution in [3.8, 4) is 0 Å². The highest BCUT2D eigenvalue weighted by Gasteiger charge is 2.31. The first-order valence-corrected chi connectivity index (χ1v) is 13.5. The normalized spacial score (nSPS) is 27.4. The van der Waals surface area contributed by atoms with E-state index in [4.69, 9.17) is 4.74 Å². The summed E-state index contributed by atoms with van der Waals surface area (Å²) in [6, 6.07) is 5.02. The first-order valence-electron chi connectivity index (χ1n) is 12.1. The van der Waals surface area contributed by atoms with Gasteiger partial charge in [-0.15, -0.1) is 0 Å². The van der Waals surface area contributed by atoms with Gasteiger partial charge in [0.25, 0.3) is 0 Å². The van der Waals surface area contributed by atoms with Crippen molar-refractivity contribution in [2.75, 3.05) is 24.6 Å². The van der Waals surface area contributed by atoms with E-state index in [1.54, 1.807) is 23.1 Å². The average molecular weight is 478 g/mol. The number of rotatable bonds is 7. The van der Waals surface area contributed by atoms with Gasteiger partial charge in [0.05, 0.1) is 11.0 Å². The lowest BCUT2D eigenvalue weighted by molar-refractivity contribution is -0.126.